The Morgan fingerprint density at radius 3 is 1.87 bits per heavy atom. The van der Waals surface area contributed by atoms with E-state index in [9.17, 15) is 4.79 Å². The minimum absolute atomic E-state index is 0.337. The fourth-order valence-corrected chi connectivity index (χ4v) is 3.21. The predicted octanol–water partition coefficient (Wildman–Crippen LogP) is 6.38. The monoisotopic (exact) mass is 416 g/mol. The molecular weight excluding hydrogens is 380 g/mol. The van der Waals surface area contributed by atoms with Gasteiger partial charge in [-0.15, -0.1) is 0 Å². The molecule has 0 spiro atoms. The number of fused-ring (bicyclic) bond motifs is 1. The lowest BCUT2D eigenvalue weighted by molar-refractivity contribution is -0.143. The number of benzene rings is 2. The van der Waals surface area contributed by atoms with Gasteiger partial charge in [-0.25, -0.2) is 0 Å². The Kier molecular flexibility index (Phi) is 7.99. The summed E-state index contributed by atoms with van der Waals surface area (Å²) in [6, 6.07) is 4.07. The summed E-state index contributed by atoms with van der Waals surface area (Å²) in [4.78, 5) is 12.7. The second-order valence-electron chi connectivity index (χ2n) is 8.76. The molecule has 30 heavy (non-hydrogen) atoms. The van der Waals surface area contributed by atoms with Crippen molar-refractivity contribution in [3.05, 3.63) is 23.3 Å². The van der Waals surface area contributed by atoms with Crippen molar-refractivity contribution >= 4 is 16.7 Å². The van der Waals surface area contributed by atoms with Gasteiger partial charge >= 0.3 is 5.97 Å². The molecule has 5 heteroatoms. The maximum Gasteiger partial charge on any atom is 0.316 e. The van der Waals surface area contributed by atoms with Gasteiger partial charge in [-0.05, 0) is 64.3 Å². The van der Waals surface area contributed by atoms with E-state index in [0.717, 1.165) is 34.7 Å². The third kappa shape index (κ3) is 5.18. The quantitative estimate of drug-likeness (QED) is 0.269. The number of unbranched alkanes of at least 4 members (excludes halogenated alkanes) is 3. The topological polar surface area (TPSA) is 54.0 Å². The largest absolute Gasteiger partial charge is 0.490 e. The fraction of sp³-hybridized carbons (Fsp3) is 0.560. The number of aryl methyl sites for hydroxylation is 2. The Bertz CT molecular complexity index is 893. The second kappa shape index (κ2) is 10.1. The lowest BCUT2D eigenvalue weighted by Gasteiger charge is -2.23. The van der Waals surface area contributed by atoms with Crippen molar-refractivity contribution in [2.75, 3.05) is 20.8 Å². The standard InChI is InChI=1S/C25H36O5/c1-9-10-11-12-13-29-20-18-14-16(2)17(3)15-19(18)21(23(28-8)22(20)27-7)30-24(26)25(4,5)6/h14-15H,9-13H2,1-8H3. The third-order valence-corrected chi connectivity index (χ3v) is 5.20. The molecule has 2 aromatic rings. The summed E-state index contributed by atoms with van der Waals surface area (Å²) in [6.45, 7) is 12.3. The van der Waals surface area contributed by atoms with E-state index in [-0.39, 0.29) is 5.97 Å². The van der Waals surface area contributed by atoms with E-state index in [4.69, 9.17) is 18.9 Å². The van der Waals surface area contributed by atoms with Crippen molar-refractivity contribution < 1.29 is 23.7 Å². The first-order valence-corrected chi connectivity index (χ1v) is 10.7. The van der Waals surface area contributed by atoms with E-state index >= 15 is 0 Å². The van der Waals surface area contributed by atoms with Crippen molar-refractivity contribution in [2.45, 2.75) is 67.2 Å². The zero-order chi connectivity index (χ0) is 22.5. The number of rotatable bonds is 9. The Labute approximate surface area is 180 Å². The second-order valence-corrected chi connectivity index (χ2v) is 8.76. The van der Waals surface area contributed by atoms with Crippen LogP contribution in [0.15, 0.2) is 12.1 Å². The van der Waals surface area contributed by atoms with Gasteiger partial charge in [0.2, 0.25) is 11.5 Å². The van der Waals surface area contributed by atoms with Crippen molar-refractivity contribution in [1.29, 1.82) is 0 Å². The summed E-state index contributed by atoms with van der Waals surface area (Å²) in [6.07, 6.45) is 4.44. The number of ether oxygens (including phenoxy) is 4. The molecule has 0 bridgehead atoms. The molecule has 0 fully saturated rings. The number of hydrogen-bond acceptors (Lipinski definition) is 5. The molecule has 0 aromatic heterocycles. The van der Waals surface area contributed by atoms with Gasteiger partial charge in [-0.2, -0.15) is 0 Å². The maximum absolute atomic E-state index is 12.7. The Hall–Kier alpha value is -2.43. The van der Waals surface area contributed by atoms with Crippen LogP contribution in [0.3, 0.4) is 0 Å². The molecule has 0 aliphatic rings. The lowest BCUT2D eigenvalue weighted by atomic mass is 9.97. The van der Waals surface area contributed by atoms with Gasteiger partial charge in [0.1, 0.15) is 0 Å². The van der Waals surface area contributed by atoms with Crippen molar-refractivity contribution in [3.8, 4) is 23.0 Å². The summed E-state index contributed by atoms with van der Waals surface area (Å²) in [7, 11) is 3.12. The molecular formula is C25H36O5. The molecule has 0 amide bonds. The summed E-state index contributed by atoms with van der Waals surface area (Å²) in [5.41, 5.74) is 1.56. The van der Waals surface area contributed by atoms with Gasteiger partial charge in [0.25, 0.3) is 0 Å². The van der Waals surface area contributed by atoms with Gasteiger partial charge in [0.15, 0.2) is 11.5 Å². The van der Waals surface area contributed by atoms with Gasteiger partial charge in [-0.3, -0.25) is 4.79 Å². The number of hydrogen-bond donors (Lipinski definition) is 0. The molecule has 0 unspecified atom stereocenters. The van der Waals surface area contributed by atoms with Crippen molar-refractivity contribution in [3.63, 3.8) is 0 Å². The predicted molar refractivity (Wildman–Crippen MR) is 121 cm³/mol. The summed E-state index contributed by atoms with van der Waals surface area (Å²) >= 11 is 0. The molecule has 0 aliphatic heterocycles. The van der Waals surface area contributed by atoms with Crippen LogP contribution in [0.25, 0.3) is 10.8 Å². The van der Waals surface area contributed by atoms with E-state index < -0.39 is 5.41 Å². The van der Waals surface area contributed by atoms with Gasteiger partial charge < -0.3 is 18.9 Å². The molecule has 2 rings (SSSR count). The highest BCUT2D eigenvalue weighted by Crippen LogP contribution is 2.52. The average Bonchev–Trinajstić information content (AvgIpc) is 2.69. The van der Waals surface area contributed by atoms with Crippen LogP contribution in [0.2, 0.25) is 0 Å². The minimum atomic E-state index is -0.654. The summed E-state index contributed by atoms with van der Waals surface area (Å²) < 4.78 is 23.4. The third-order valence-electron chi connectivity index (χ3n) is 5.20. The van der Waals surface area contributed by atoms with Crippen LogP contribution in [-0.4, -0.2) is 26.8 Å². The number of carbonyl (C=O) groups excluding carboxylic acids is 1. The maximum atomic E-state index is 12.7. The molecule has 0 saturated carbocycles. The summed E-state index contributed by atoms with van der Waals surface area (Å²) in [5, 5.41) is 1.62. The first-order valence-electron chi connectivity index (χ1n) is 10.7. The Balaban J connectivity index is 2.67. The highest BCUT2D eigenvalue weighted by molar-refractivity contribution is 6.01. The fourth-order valence-electron chi connectivity index (χ4n) is 3.21. The molecule has 0 saturated heterocycles. The minimum Gasteiger partial charge on any atom is -0.490 e. The van der Waals surface area contributed by atoms with E-state index in [2.05, 4.69) is 19.9 Å². The first-order chi connectivity index (χ1) is 14.1. The van der Waals surface area contributed by atoms with Crippen LogP contribution in [-0.2, 0) is 4.79 Å². The molecule has 0 atom stereocenters. The lowest BCUT2D eigenvalue weighted by Crippen LogP contribution is -2.26. The van der Waals surface area contributed by atoms with E-state index in [1.807, 2.05) is 33.8 Å². The molecule has 0 N–H and O–H groups in total. The van der Waals surface area contributed by atoms with Crippen molar-refractivity contribution in [2.24, 2.45) is 5.41 Å². The highest BCUT2D eigenvalue weighted by atomic mass is 16.6. The smallest absolute Gasteiger partial charge is 0.316 e. The molecule has 0 heterocycles. The molecule has 2 aromatic carbocycles. The van der Waals surface area contributed by atoms with Crippen LogP contribution in [0.4, 0.5) is 0 Å². The summed E-state index contributed by atoms with van der Waals surface area (Å²) in [5.74, 6) is 1.47. The normalized spacial score (nSPS) is 11.5. The first kappa shape index (κ1) is 23.8. The van der Waals surface area contributed by atoms with Crippen LogP contribution < -0.4 is 18.9 Å². The molecule has 166 valence electrons. The van der Waals surface area contributed by atoms with Crippen LogP contribution in [0.5, 0.6) is 23.0 Å². The van der Waals surface area contributed by atoms with Gasteiger partial charge in [0, 0.05) is 10.8 Å². The number of methoxy groups -OCH3 is 2. The SMILES string of the molecule is CCCCCCOc1c(OC)c(OC)c(OC(=O)C(C)(C)C)c2cc(C)c(C)cc12. The van der Waals surface area contributed by atoms with Gasteiger partial charge in [0.05, 0.1) is 26.2 Å². The zero-order valence-electron chi connectivity index (χ0n) is 19.7. The Morgan fingerprint density at radius 1 is 0.833 bits per heavy atom. The van der Waals surface area contributed by atoms with Gasteiger partial charge in [-0.1, -0.05) is 26.2 Å². The van der Waals surface area contributed by atoms with E-state index in [1.165, 1.54) is 12.8 Å². The van der Waals surface area contributed by atoms with Crippen LogP contribution >= 0.6 is 0 Å². The van der Waals surface area contributed by atoms with Crippen LogP contribution in [0.1, 0.15) is 64.5 Å². The molecule has 0 radical (unpaired) electrons. The van der Waals surface area contributed by atoms with Crippen LogP contribution in [0, 0.1) is 19.3 Å². The number of esters is 1. The molecule has 0 aliphatic carbocycles. The molecule has 5 nitrogen and oxygen atoms in total. The average molecular weight is 417 g/mol. The van der Waals surface area contributed by atoms with Crippen molar-refractivity contribution in [1.82, 2.24) is 0 Å². The number of carbonyl (C=O) groups is 1. The Morgan fingerprint density at radius 2 is 1.37 bits per heavy atom. The van der Waals surface area contributed by atoms with E-state index in [0.29, 0.717) is 29.6 Å². The van der Waals surface area contributed by atoms with E-state index in [1.54, 1.807) is 14.2 Å². The zero-order valence-corrected chi connectivity index (χ0v) is 19.7. The highest BCUT2D eigenvalue weighted by Gasteiger charge is 2.30.